The molecule has 1 aliphatic carbocycles. The van der Waals surface area contributed by atoms with Crippen LogP contribution in [0.1, 0.15) is 98.3 Å². The number of rotatable bonds is 11. The standard InChI is InChI=1S/C28H36O6/c1-6-9-10-11-12-19-13-21(27(30)32-8-3)14-20(19)15-23-22(7-2)17(4)24-16-33-28(31)25(24)26(23)34-18(5)29/h7,21H,2,6,8-16H2,1,3-5H3. The van der Waals surface area contributed by atoms with Gasteiger partial charge in [-0.25, -0.2) is 4.79 Å². The molecule has 0 fully saturated rings. The highest BCUT2D eigenvalue weighted by Gasteiger charge is 2.35. The van der Waals surface area contributed by atoms with Gasteiger partial charge in [0.05, 0.1) is 12.5 Å². The number of unbranched alkanes of at least 4 members (excludes halogenated alkanes) is 3. The van der Waals surface area contributed by atoms with Crippen molar-refractivity contribution in [1.82, 2.24) is 0 Å². The maximum absolute atomic E-state index is 12.6. The first-order chi connectivity index (χ1) is 16.3. The van der Waals surface area contributed by atoms with Crippen LogP contribution in [0.3, 0.4) is 0 Å². The molecule has 1 unspecified atom stereocenters. The summed E-state index contributed by atoms with van der Waals surface area (Å²) >= 11 is 0. The summed E-state index contributed by atoms with van der Waals surface area (Å²) in [7, 11) is 0. The van der Waals surface area contributed by atoms with E-state index in [1.165, 1.54) is 18.9 Å². The lowest BCUT2D eigenvalue weighted by atomic mass is 9.87. The lowest BCUT2D eigenvalue weighted by Gasteiger charge is -2.19. The summed E-state index contributed by atoms with van der Waals surface area (Å²) in [4.78, 5) is 37.1. The van der Waals surface area contributed by atoms with E-state index in [-0.39, 0.29) is 24.2 Å². The summed E-state index contributed by atoms with van der Waals surface area (Å²) in [6, 6.07) is 0. The fourth-order valence-electron chi connectivity index (χ4n) is 5.14. The molecule has 1 heterocycles. The number of esters is 3. The minimum Gasteiger partial charge on any atom is -0.466 e. The molecule has 6 nitrogen and oxygen atoms in total. The maximum atomic E-state index is 12.6. The maximum Gasteiger partial charge on any atom is 0.342 e. The lowest BCUT2D eigenvalue weighted by Crippen LogP contribution is -2.16. The van der Waals surface area contributed by atoms with Crippen LogP contribution < -0.4 is 4.74 Å². The molecule has 1 atom stereocenters. The predicted molar refractivity (Wildman–Crippen MR) is 131 cm³/mol. The molecule has 0 amide bonds. The van der Waals surface area contributed by atoms with Gasteiger partial charge < -0.3 is 14.2 Å². The number of benzene rings is 1. The molecule has 0 saturated heterocycles. The summed E-state index contributed by atoms with van der Waals surface area (Å²) in [5, 5.41) is 0. The Morgan fingerprint density at radius 1 is 1.15 bits per heavy atom. The zero-order chi connectivity index (χ0) is 24.8. The minimum atomic E-state index is -0.494. The first-order valence-corrected chi connectivity index (χ1v) is 12.3. The molecule has 0 spiro atoms. The second kappa shape index (κ2) is 11.5. The van der Waals surface area contributed by atoms with Gasteiger partial charge >= 0.3 is 17.9 Å². The van der Waals surface area contributed by atoms with Gasteiger partial charge in [-0.2, -0.15) is 0 Å². The number of hydrogen-bond acceptors (Lipinski definition) is 6. The molecule has 2 aliphatic rings. The van der Waals surface area contributed by atoms with E-state index in [0.29, 0.717) is 31.4 Å². The number of ether oxygens (including phenoxy) is 3. The van der Waals surface area contributed by atoms with E-state index in [4.69, 9.17) is 14.2 Å². The first-order valence-electron chi connectivity index (χ1n) is 12.3. The molecular formula is C28H36O6. The third kappa shape index (κ3) is 5.43. The molecule has 3 rings (SSSR count). The van der Waals surface area contributed by atoms with Crippen LogP contribution in [0, 0.1) is 12.8 Å². The average Bonchev–Trinajstić information content (AvgIpc) is 3.38. The van der Waals surface area contributed by atoms with E-state index in [1.807, 2.05) is 13.8 Å². The van der Waals surface area contributed by atoms with Crippen molar-refractivity contribution in [2.24, 2.45) is 5.92 Å². The van der Waals surface area contributed by atoms with Crippen molar-refractivity contribution < 1.29 is 28.6 Å². The van der Waals surface area contributed by atoms with Gasteiger partial charge in [-0.1, -0.05) is 50.0 Å². The molecule has 0 saturated carbocycles. The lowest BCUT2D eigenvalue weighted by molar-refractivity contribution is -0.147. The van der Waals surface area contributed by atoms with Gasteiger partial charge in [0.1, 0.15) is 17.9 Å². The Balaban J connectivity index is 2.04. The van der Waals surface area contributed by atoms with E-state index >= 15 is 0 Å². The third-order valence-corrected chi connectivity index (χ3v) is 6.81. The second-order valence-electron chi connectivity index (χ2n) is 9.13. The van der Waals surface area contributed by atoms with E-state index < -0.39 is 11.9 Å². The van der Waals surface area contributed by atoms with Crippen molar-refractivity contribution in [3.05, 3.63) is 45.5 Å². The Kier molecular flexibility index (Phi) is 8.70. The van der Waals surface area contributed by atoms with Gasteiger partial charge in [0.25, 0.3) is 0 Å². The van der Waals surface area contributed by atoms with Crippen molar-refractivity contribution in [2.75, 3.05) is 6.61 Å². The number of carbonyl (C=O) groups is 3. The van der Waals surface area contributed by atoms with Crippen molar-refractivity contribution in [2.45, 2.75) is 85.7 Å². The molecular weight excluding hydrogens is 432 g/mol. The van der Waals surface area contributed by atoms with E-state index in [2.05, 4.69) is 13.5 Å². The smallest absolute Gasteiger partial charge is 0.342 e. The van der Waals surface area contributed by atoms with Crippen LogP contribution in [-0.4, -0.2) is 24.5 Å². The van der Waals surface area contributed by atoms with Gasteiger partial charge in [-0.15, -0.1) is 0 Å². The summed E-state index contributed by atoms with van der Waals surface area (Å²) in [5.74, 6) is -1.06. The van der Waals surface area contributed by atoms with Crippen LogP contribution in [0.25, 0.3) is 6.08 Å². The average molecular weight is 469 g/mol. The largest absolute Gasteiger partial charge is 0.466 e. The fourth-order valence-corrected chi connectivity index (χ4v) is 5.14. The van der Waals surface area contributed by atoms with Crippen LogP contribution in [0.2, 0.25) is 0 Å². The number of allylic oxidation sites excluding steroid dienone is 2. The van der Waals surface area contributed by atoms with E-state index in [9.17, 15) is 14.4 Å². The predicted octanol–water partition coefficient (Wildman–Crippen LogP) is 6.02. The van der Waals surface area contributed by atoms with Crippen LogP contribution in [0.4, 0.5) is 0 Å². The van der Waals surface area contributed by atoms with E-state index in [1.54, 1.807) is 6.08 Å². The fraction of sp³-hybridized carbons (Fsp3) is 0.536. The SMILES string of the molecule is C=Cc1c(C)c2c(c(OC(C)=O)c1CC1=C(CCCCCC)CC(C(=O)OCC)C1)C(=O)OC2. The van der Waals surface area contributed by atoms with Gasteiger partial charge in [-0.3, -0.25) is 9.59 Å². The van der Waals surface area contributed by atoms with Crippen molar-refractivity contribution >= 4 is 24.0 Å². The molecule has 1 aromatic carbocycles. The van der Waals surface area contributed by atoms with Crippen molar-refractivity contribution in [3.8, 4) is 5.75 Å². The molecule has 0 bridgehead atoms. The van der Waals surface area contributed by atoms with Crippen molar-refractivity contribution in [1.29, 1.82) is 0 Å². The summed E-state index contributed by atoms with van der Waals surface area (Å²) in [6.45, 7) is 11.8. The number of hydrogen-bond donors (Lipinski definition) is 0. The highest BCUT2D eigenvalue weighted by atomic mass is 16.6. The normalized spacial score (nSPS) is 16.9. The van der Waals surface area contributed by atoms with Crippen LogP contribution in [-0.2, 0) is 32.1 Å². The monoisotopic (exact) mass is 468 g/mol. The Labute approximate surface area is 202 Å². The number of cyclic esters (lactones) is 1. The Morgan fingerprint density at radius 2 is 1.88 bits per heavy atom. The molecule has 1 aromatic rings. The second-order valence-corrected chi connectivity index (χ2v) is 9.13. The highest BCUT2D eigenvalue weighted by Crippen LogP contribution is 2.43. The topological polar surface area (TPSA) is 78.9 Å². The molecule has 184 valence electrons. The van der Waals surface area contributed by atoms with Gasteiger partial charge in [0.2, 0.25) is 0 Å². The molecule has 0 aromatic heterocycles. The summed E-state index contributed by atoms with van der Waals surface area (Å²) in [6.07, 6.45) is 9.05. The van der Waals surface area contributed by atoms with Crippen LogP contribution >= 0.6 is 0 Å². The minimum absolute atomic E-state index is 0.158. The quantitative estimate of drug-likeness (QED) is 0.171. The van der Waals surface area contributed by atoms with E-state index in [0.717, 1.165) is 53.5 Å². The molecule has 34 heavy (non-hydrogen) atoms. The zero-order valence-electron chi connectivity index (χ0n) is 20.9. The zero-order valence-corrected chi connectivity index (χ0v) is 20.9. The number of fused-ring (bicyclic) bond motifs is 1. The van der Waals surface area contributed by atoms with Crippen LogP contribution in [0.5, 0.6) is 5.75 Å². The first kappa shape index (κ1) is 25.7. The Morgan fingerprint density at radius 3 is 2.53 bits per heavy atom. The highest BCUT2D eigenvalue weighted by molar-refractivity contribution is 5.99. The van der Waals surface area contributed by atoms with Gasteiger partial charge in [0, 0.05) is 18.1 Å². The Hall–Kier alpha value is -2.89. The summed E-state index contributed by atoms with van der Waals surface area (Å²) < 4.78 is 16.2. The van der Waals surface area contributed by atoms with Crippen molar-refractivity contribution in [3.63, 3.8) is 0 Å². The van der Waals surface area contributed by atoms with Crippen LogP contribution in [0.15, 0.2) is 17.7 Å². The summed E-state index contributed by atoms with van der Waals surface area (Å²) in [5.41, 5.74) is 6.03. The molecule has 6 heteroatoms. The number of carbonyl (C=O) groups excluding carboxylic acids is 3. The molecule has 0 radical (unpaired) electrons. The van der Waals surface area contributed by atoms with Gasteiger partial charge in [0.15, 0.2) is 0 Å². The molecule has 0 N–H and O–H groups in total. The molecule has 1 aliphatic heterocycles. The third-order valence-electron chi connectivity index (χ3n) is 6.81. The van der Waals surface area contributed by atoms with Gasteiger partial charge in [-0.05, 0) is 57.1 Å². The Bertz CT molecular complexity index is 1020.